The second-order valence-corrected chi connectivity index (χ2v) is 7.27. The maximum Gasteiger partial charge on any atom is 0.271 e. The number of halogens is 1. The zero-order chi connectivity index (χ0) is 18.4. The molecule has 27 heavy (non-hydrogen) atoms. The third-order valence-electron chi connectivity index (χ3n) is 5.30. The SMILES string of the molecule is O=C(c1cc(-c2ccc(F)cc2)n[nH]1)N1CC[C@@H](n2cc(C3CC3)nn2)C1. The summed E-state index contributed by atoms with van der Waals surface area (Å²) >= 11 is 0. The molecule has 0 spiro atoms. The summed E-state index contributed by atoms with van der Waals surface area (Å²) in [5, 5.41) is 15.5. The van der Waals surface area contributed by atoms with Gasteiger partial charge in [0.05, 0.1) is 17.4 Å². The Morgan fingerprint density at radius 2 is 2.00 bits per heavy atom. The van der Waals surface area contributed by atoms with E-state index >= 15 is 0 Å². The van der Waals surface area contributed by atoms with Gasteiger partial charge in [-0.25, -0.2) is 9.07 Å². The van der Waals surface area contributed by atoms with Crippen molar-refractivity contribution in [2.24, 2.45) is 0 Å². The summed E-state index contributed by atoms with van der Waals surface area (Å²) in [4.78, 5) is 14.6. The Morgan fingerprint density at radius 3 is 2.78 bits per heavy atom. The van der Waals surface area contributed by atoms with Crippen molar-refractivity contribution in [2.45, 2.75) is 31.2 Å². The number of carbonyl (C=O) groups excluding carboxylic acids is 1. The Labute approximate surface area is 155 Å². The molecule has 2 aliphatic rings. The van der Waals surface area contributed by atoms with Crippen molar-refractivity contribution in [1.82, 2.24) is 30.1 Å². The number of amides is 1. The normalized spacial score (nSPS) is 19.6. The number of aromatic amines is 1. The molecule has 1 saturated heterocycles. The lowest BCUT2D eigenvalue weighted by atomic mass is 10.1. The standard InChI is InChI=1S/C19H19FN6O/c20-14-5-3-12(4-6-14)16-9-17(22-21-16)19(27)25-8-7-15(10-25)26-11-18(23-24-26)13-1-2-13/h3-6,9,11,13,15H,1-2,7-8,10H2,(H,21,22)/t15-/m1/s1. The van der Waals surface area contributed by atoms with Gasteiger partial charge in [-0.3, -0.25) is 9.89 Å². The van der Waals surface area contributed by atoms with Gasteiger partial charge < -0.3 is 4.90 Å². The van der Waals surface area contributed by atoms with Crippen molar-refractivity contribution in [3.05, 3.63) is 53.7 Å². The number of H-pyrrole nitrogens is 1. The van der Waals surface area contributed by atoms with Crippen LogP contribution in [0.3, 0.4) is 0 Å². The molecule has 1 N–H and O–H groups in total. The van der Waals surface area contributed by atoms with Crippen molar-refractivity contribution < 1.29 is 9.18 Å². The van der Waals surface area contributed by atoms with Crippen LogP contribution in [0, 0.1) is 5.82 Å². The van der Waals surface area contributed by atoms with E-state index in [1.54, 1.807) is 18.2 Å². The van der Waals surface area contributed by atoms with E-state index in [0.29, 0.717) is 30.4 Å². The monoisotopic (exact) mass is 366 g/mol. The Bertz CT molecular complexity index is 974. The van der Waals surface area contributed by atoms with Gasteiger partial charge in [-0.2, -0.15) is 5.10 Å². The van der Waals surface area contributed by atoms with Crippen LogP contribution in [-0.4, -0.2) is 49.1 Å². The molecule has 1 amide bonds. The average molecular weight is 366 g/mol. The number of nitrogens with one attached hydrogen (secondary N) is 1. The van der Waals surface area contributed by atoms with Gasteiger partial charge in [0.25, 0.3) is 5.91 Å². The number of aromatic nitrogens is 5. The highest BCUT2D eigenvalue weighted by Crippen LogP contribution is 2.39. The predicted molar refractivity (Wildman–Crippen MR) is 95.5 cm³/mol. The van der Waals surface area contributed by atoms with Crippen LogP contribution in [-0.2, 0) is 0 Å². The summed E-state index contributed by atoms with van der Waals surface area (Å²) < 4.78 is 15.0. The zero-order valence-electron chi connectivity index (χ0n) is 14.7. The molecule has 0 unspecified atom stereocenters. The van der Waals surface area contributed by atoms with E-state index in [0.717, 1.165) is 17.7 Å². The van der Waals surface area contributed by atoms with Crippen LogP contribution in [0.4, 0.5) is 4.39 Å². The summed E-state index contributed by atoms with van der Waals surface area (Å²) in [5.41, 5.74) is 2.89. The summed E-state index contributed by atoms with van der Waals surface area (Å²) in [6.45, 7) is 1.28. The fraction of sp³-hybridized carbons (Fsp3) is 0.368. The molecular formula is C19H19FN6O. The first-order chi connectivity index (χ1) is 13.2. The van der Waals surface area contributed by atoms with Crippen LogP contribution in [0.25, 0.3) is 11.3 Å². The number of hydrogen-bond donors (Lipinski definition) is 1. The lowest BCUT2D eigenvalue weighted by Gasteiger charge is -2.15. The van der Waals surface area contributed by atoms with E-state index in [-0.39, 0.29) is 17.8 Å². The molecule has 0 bridgehead atoms. The maximum absolute atomic E-state index is 13.1. The highest BCUT2D eigenvalue weighted by Gasteiger charge is 2.32. The van der Waals surface area contributed by atoms with E-state index in [1.807, 2.05) is 15.8 Å². The molecule has 2 aromatic heterocycles. The van der Waals surface area contributed by atoms with E-state index in [9.17, 15) is 9.18 Å². The van der Waals surface area contributed by atoms with Crippen LogP contribution in [0.1, 0.15) is 47.4 Å². The van der Waals surface area contributed by atoms with Crippen LogP contribution in [0.15, 0.2) is 36.5 Å². The lowest BCUT2D eigenvalue weighted by Crippen LogP contribution is -2.29. The van der Waals surface area contributed by atoms with Crippen LogP contribution >= 0.6 is 0 Å². The molecule has 8 heteroatoms. The molecule has 5 rings (SSSR count). The molecule has 138 valence electrons. The fourth-order valence-corrected chi connectivity index (χ4v) is 3.55. The minimum atomic E-state index is -0.299. The fourth-order valence-electron chi connectivity index (χ4n) is 3.55. The van der Waals surface area contributed by atoms with Gasteiger partial charge >= 0.3 is 0 Å². The largest absolute Gasteiger partial charge is 0.335 e. The first-order valence-corrected chi connectivity index (χ1v) is 9.20. The number of carbonyl (C=O) groups is 1. The second kappa shape index (κ2) is 6.29. The number of benzene rings is 1. The minimum Gasteiger partial charge on any atom is -0.335 e. The van der Waals surface area contributed by atoms with Gasteiger partial charge in [0, 0.05) is 30.8 Å². The van der Waals surface area contributed by atoms with Crippen LogP contribution < -0.4 is 0 Å². The highest BCUT2D eigenvalue weighted by atomic mass is 19.1. The predicted octanol–water partition coefficient (Wildman–Crippen LogP) is 2.77. The molecule has 1 aliphatic carbocycles. The van der Waals surface area contributed by atoms with Gasteiger partial charge in [0.1, 0.15) is 11.5 Å². The van der Waals surface area contributed by atoms with Gasteiger partial charge in [-0.1, -0.05) is 5.21 Å². The van der Waals surface area contributed by atoms with Crippen LogP contribution in [0.5, 0.6) is 0 Å². The molecule has 2 fully saturated rings. The number of rotatable bonds is 4. The van der Waals surface area contributed by atoms with Crippen molar-refractivity contribution in [3.63, 3.8) is 0 Å². The number of nitrogens with zero attached hydrogens (tertiary/aromatic N) is 5. The maximum atomic E-state index is 13.1. The van der Waals surface area contributed by atoms with Crippen molar-refractivity contribution in [1.29, 1.82) is 0 Å². The van der Waals surface area contributed by atoms with Crippen LogP contribution in [0.2, 0.25) is 0 Å². The smallest absolute Gasteiger partial charge is 0.271 e. The van der Waals surface area contributed by atoms with Gasteiger partial charge in [-0.15, -0.1) is 5.10 Å². The Morgan fingerprint density at radius 1 is 1.19 bits per heavy atom. The molecule has 7 nitrogen and oxygen atoms in total. The minimum absolute atomic E-state index is 0.0825. The first kappa shape index (κ1) is 16.2. The third-order valence-corrected chi connectivity index (χ3v) is 5.30. The molecule has 1 saturated carbocycles. The number of likely N-dealkylation sites (tertiary alicyclic amines) is 1. The molecule has 3 aromatic rings. The van der Waals surface area contributed by atoms with Gasteiger partial charge in [0.2, 0.25) is 0 Å². The van der Waals surface area contributed by atoms with Crippen molar-refractivity contribution in [3.8, 4) is 11.3 Å². The lowest BCUT2D eigenvalue weighted by molar-refractivity contribution is 0.0781. The topological polar surface area (TPSA) is 79.7 Å². The molecule has 0 radical (unpaired) electrons. The third kappa shape index (κ3) is 3.11. The second-order valence-electron chi connectivity index (χ2n) is 7.27. The van der Waals surface area contributed by atoms with E-state index in [4.69, 9.17) is 0 Å². The van der Waals surface area contributed by atoms with E-state index in [2.05, 4.69) is 20.5 Å². The Kier molecular flexibility index (Phi) is 3.77. The van der Waals surface area contributed by atoms with E-state index < -0.39 is 0 Å². The molecule has 1 atom stereocenters. The average Bonchev–Trinajstić information content (AvgIpc) is 3.10. The Hall–Kier alpha value is -3.03. The summed E-state index contributed by atoms with van der Waals surface area (Å²) in [7, 11) is 0. The van der Waals surface area contributed by atoms with Gasteiger partial charge in [-0.05, 0) is 49.6 Å². The highest BCUT2D eigenvalue weighted by molar-refractivity contribution is 5.93. The molecule has 1 aromatic carbocycles. The molecular weight excluding hydrogens is 347 g/mol. The van der Waals surface area contributed by atoms with E-state index in [1.165, 1.54) is 25.0 Å². The van der Waals surface area contributed by atoms with Gasteiger partial charge in [0.15, 0.2) is 0 Å². The molecule has 3 heterocycles. The number of hydrogen-bond acceptors (Lipinski definition) is 4. The summed E-state index contributed by atoms with van der Waals surface area (Å²) in [6.07, 6.45) is 5.28. The van der Waals surface area contributed by atoms with Crippen molar-refractivity contribution in [2.75, 3.05) is 13.1 Å². The Balaban J connectivity index is 1.28. The van der Waals surface area contributed by atoms with Crippen molar-refractivity contribution >= 4 is 5.91 Å². The molecule has 1 aliphatic heterocycles. The summed E-state index contributed by atoms with van der Waals surface area (Å²) in [5.74, 6) is 0.195. The zero-order valence-corrected chi connectivity index (χ0v) is 14.7. The quantitative estimate of drug-likeness (QED) is 0.770. The summed E-state index contributed by atoms with van der Waals surface area (Å²) in [6, 6.07) is 7.92. The first-order valence-electron chi connectivity index (χ1n) is 9.20.